The average Bonchev–Trinajstić information content (AvgIpc) is 2.82. The molecule has 0 heterocycles. The van der Waals surface area contributed by atoms with Crippen LogP contribution in [0.25, 0.3) is 0 Å². The van der Waals surface area contributed by atoms with E-state index in [0.29, 0.717) is 10.0 Å². The smallest absolute Gasteiger partial charge is 0.267 e. The molecule has 0 aliphatic carbocycles. The number of benzene rings is 3. The lowest BCUT2D eigenvalue weighted by atomic mass is 10.1. The van der Waals surface area contributed by atoms with E-state index in [1.165, 1.54) is 48.5 Å². The van der Waals surface area contributed by atoms with Gasteiger partial charge in [0.15, 0.2) is 0 Å². The molecule has 0 saturated carbocycles. The summed E-state index contributed by atoms with van der Waals surface area (Å²) in [6.07, 6.45) is 0. The van der Waals surface area contributed by atoms with Gasteiger partial charge in [0.1, 0.15) is 0 Å². The van der Waals surface area contributed by atoms with Crippen molar-refractivity contribution in [1.29, 1.82) is 0 Å². The van der Waals surface area contributed by atoms with Gasteiger partial charge in [-0.05, 0) is 42.5 Å². The topological polar surface area (TPSA) is 127 Å². The lowest BCUT2D eigenvalue weighted by Crippen LogP contribution is -2.43. The number of nitrogens with two attached hydrogens (primary N) is 2. The Labute approximate surface area is 172 Å². The van der Waals surface area contributed by atoms with Crippen molar-refractivity contribution in [3.05, 3.63) is 107 Å². The van der Waals surface area contributed by atoms with Crippen molar-refractivity contribution in [3.63, 3.8) is 0 Å². The second-order valence-electron chi connectivity index (χ2n) is 6.27. The average molecular weight is 402 g/mol. The van der Waals surface area contributed by atoms with Gasteiger partial charge in [-0.1, -0.05) is 42.5 Å². The minimum Gasteiger partial charge on any atom is -0.267 e. The maximum absolute atomic E-state index is 12.6. The normalized spacial score (nSPS) is 10.2. The van der Waals surface area contributed by atoms with Crippen LogP contribution in [0.15, 0.2) is 84.9 Å². The van der Waals surface area contributed by atoms with E-state index in [1.807, 2.05) is 0 Å². The van der Waals surface area contributed by atoms with Crippen LogP contribution in [0.5, 0.6) is 0 Å². The van der Waals surface area contributed by atoms with Gasteiger partial charge in [0.05, 0.1) is 0 Å². The van der Waals surface area contributed by atoms with Crippen molar-refractivity contribution in [3.8, 4) is 0 Å². The first kappa shape index (κ1) is 20.6. The first-order valence-corrected chi connectivity index (χ1v) is 8.87. The summed E-state index contributed by atoms with van der Waals surface area (Å²) in [4.78, 5) is 50.0. The summed E-state index contributed by atoms with van der Waals surface area (Å²) in [6.45, 7) is 0. The zero-order valence-electron chi connectivity index (χ0n) is 15.8. The molecule has 8 nitrogen and oxygen atoms in total. The number of imide groups is 2. The molecule has 0 spiro atoms. The third kappa shape index (κ3) is 4.30. The molecule has 8 heteroatoms. The Hall–Kier alpha value is -4.14. The van der Waals surface area contributed by atoms with E-state index in [1.54, 1.807) is 36.4 Å². The minimum absolute atomic E-state index is 0.00630. The molecule has 0 aromatic heterocycles. The van der Waals surface area contributed by atoms with E-state index < -0.39 is 23.6 Å². The molecule has 0 saturated heterocycles. The molecule has 0 aliphatic rings. The second-order valence-corrected chi connectivity index (χ2v) is 6.27. The van der Waals surface area contributed by atoms with E-state index >= 15 is 0 Å². The highest BCUT2D eigenvalue weighted by molar-refractivity contribution is 6.12. The molecule has 0 bridgehead atoms. The van der Waals surface area contributed by atoms with Crippen LogP contribution in [0.2, 0.25) is 0 Å². The number of hydrogen-bond donors (Lipinski definition) is 2. The number of nitrogens with zero attached hydrogens (tertiary/aromatic N) is 2. The number of carbonyl (C=O) groups excluding carboxylic acids is 4. The predicted octanol–water partition coefficient (Wildman–Crippen LogP) is 2.00. The molecule has 150 valence electrons. The fourth-order valence-corrected chi connectivity index (χ4v) is 2.69. The second kappa shape index (κ2) is 8.91. The van der Waals surface area contributed by atoms with Crippen LogP contribution in [-0.4, -0.2) is 33.6 Å². The van der Waals surface area contributed by atoms with Crippen LogP contribution in [0.4, 0.5) is 0 Å². The molecular formula is C22H18N4O4. The summed E-state index contributed by atoms with van der Waals surface area (Å²) in [5.41, 5.74) is 0.464. The van der Waals surface area contributed by atoms with Crippen molar-refractivity contribution in [2.45, 2.75) is 0 Å². The molecule has 3 aromatic carbocycles. The van der Waals surface area contributed by atoms with Crippen molar-refractivity contribution in [1.82, 2.24) is 10.0 Å². The van der Waals surface area contributed by atoms with E-state index in [0.717, 1.165) is 0 Å². The lowest BCUT2D eigenvalue weighted by Gasteiger charge is -2.17. The Morgan fingerprint density at radius 2 is 0.767 bits per heavy atom. The van der Waals surface area contributed by atoms with E-state index in [2.05, 4.69) is 0 Å². The standard InChI is InChI=1S/C22H18N4O4/c23-25(19(27)15-8-3-1-4-9-15)21(29)17-12-7-13-18(14-17)22(30)26(24)20(28)16-10-5-2-6-11-16/h1-14H,23-24H2. The van der Waals surface area contributed by atoms with Crippen molar-refractivity contribution >= 4 is 23.6 Å². The van der Waals surface area contributed by atoms with Gasteiger partial charge in [0, 0.05) is 22.3 Å². The van der Waals surface area contributed by atoms with Crippen LogP contribution in [-0.2, 0) is 0 Å². The summed E-state index contributed by atoms with van der Waals surface area (Å²) in [5.74, 6) is 8.38. The van der Waals surface area contributed by atoms with E-state index in [4.69, 9.17) is 11.7 Å². The van der Waals surface area contributed by atoms with Gasteiger partial charge in [-0.3, -0.25) is 19.2 Å². The fraction of sp³-hybridized carbons (Fsp3) is 0. The van der Waals surface area contributed by atoms with Crippen molar-refractivity contribution in [2.24, 2.45) is 11.7 Å². The molecule has 4 amide bonds. The number of hydrogen-bond acceptors (Lipinski definition) is 6. The summed E-state index contributed by atoms with van der Waals surface area (Å²) < 4.78 is 0. The van der Waals surface area contributed by atoms with Gasteiger partial charge in [-0.15, -0.1) is 0 Å². The summed E-state index contributed by atoms with van der Waals surface area (Å²) in [7, 11) is 0. The Morgan fingerprint density at radius 1 is 0.467 bits per heavy atom. The third-order valence-electron chi connectivity index (χ3n) is 4.27. The number of carbonyl (C=O) groups is 4. The Bertz CT molecular complexity index is 1020. The highest BCUT2D eigenvalue weighted by Crippen LogP contribution is 2.12. The fourth-order valence-electron chi connectivity index (χ4n) is 2.69. The van der Waals surface area contributed by atoms with E-state index in [-0.39, 0.29) is 22.3 Å². The molecule has 4 N–H and O–H groups in total. The zero-order valence-corrected chi connectivity index (χ0v) is 15.8. The predicted molar refractivity (Wildman–Crippen MR) is 109 cm³/mol. The van der Waals surface area contributed by atoms with Crippen LogP contribution in [0, 0.1) is 0 Å². The molecule has 3 aromatic rings. The summed E-state index contributed by atoms with van der Waals surface area (Å²) in [5, 5.41) is 0.933. The van der Waals surface area contributed by atoms with Gasteiger partial charge in [0.2, 0.25) is 0 Å². The highest BCUT2D eigenvalue weighted by Gasteiger charge is 2.24. The van der Waals surface area contributed by atoms with Gasteiger partial charge >= 0.3 is 0 Å². The summed E-state index contributed by atoms with van der Waals surface area (Å²) in [6, 6.07) is 21.6. The minimum atomic E-state index is -0.809. The maximum atomic E-state index is 12.6. The first-order valence-electron chi connectivity index (χ1n) is 8.87. The van der Waals surface area contributed by atoms with Crippen LogP contribution in [0.1, 0.15) is 41.4 Å². The van der Waals surface area contributed by atoms with E-state index in [9.17, 15) is 19.2 Å². The molecule has 0 radical (unpaired) electrons. The monoisotopic (exact) mass is 402 g/mol. The van der Waals surface area contributed by atoms with Crippen molar-refractivity contribution < 1.29 is 19.2 Å². The van der Waals surface area contributed by atoms with Crippen molar-refractivity contribution in [2.75, 3.05) is 0 Å². The largest absolute Gasteiger partial charge is 0.275 e. The number of amides is 4. The first-order chi connectivity index (χ1) is 14.4. The summed E-state index contributed by atoms with van der Waals surface area (Å²) >= 11 is 0. The molecule has 30 heavy (non-hydrogen) atoms. The molecule has 0 unspecified atom stereocenters. The van der Waals surface area contributed by atoms with Gasteiger partial charge in [-0.25, -0.2) is 21.7 Å². The SMILES string of the molecule is NN(C(=O)c1ccccc1)C(=O)c1cccc(C(=O)N(N)C(=O)c2ccccc2)c1. The molecule has 0 atom stereocenters. The Balaban J connectivity index is 1.80. The molecular weight excluding hydrogens is 384 g/mol. The van der Waals surface area contributed by atoms with Crippen LogP contribution >= 0.6 is 0 Å². The van der Waals surface area contributed by atoms with Crippen LogP contribution in [0.3, 0.4) is 0 Å². The maximum Gasteiger partial charge on any atom is 0.275 e. The Kier molecular flexibility index (Phi) is 6.11. The molecule has 3 rings (SSSR count). The number of rotatable bonds is 4. The van der Waals surface area contributed by atoms with Gasteiger partial charge in [0.25, 0.3) is 23.6 Å². The zero-order chi connectivity index (χ0) is 21.7. The quantitative estimate of drug-likeness (QED) is 0.297. The highest BCUT2D eigenvalue weighted by atomic mass is 16.2. The van der Waals surface area contributed by atoms with Gasteiger partial charge < -0.3 is 0 Å². The third-order valence-corrected chi connectivity index (χ3v) is 4.27. The van der Waals surface area contributed by atoms with Gasteiger partial charge in [-0.2, -0.15) is 0 Å². The molecule has 0 aliphatic heterocycles. The van der Waals surface area contributed by atoms with Crippen LogP contribution < -0.4 is 11.7 Å². The number of hydrazine groups is 2. The molecule has 0 fully saturated rings. The Morgan fingerprint density at radius 3 is 1.13 bits per heavy atom. The lowest BCUT2D eigenvalue weighted by molar-refractivity contribution is 0.0606.